The summed E-state index contributed by atoms with van der Waals surface area (Å²) in [5.74, 6) is 0. The quantitative estimate of drug-likeness (QED) is 0.374. The fourth-order valence-corrected chi connectivity index (χ4v) is 1.29. The molecule has 0 aliphatic carbocycles. The van der Waals surface area contributed by atoms with Gasteiger partial charge < -0.3 is 15.0 Å². The van der Waals surface area contributed by atoms with Crippen molar-refractivity contribution in [2.75, 3.05) is 20.1 Å². The SMILES string of the molecule is C[N+]1([O-])CCC[C@H](O)C1. The zero-order valence-corrected chi connectivity index (χ0v) is 5.71. The van der Waals surface area contributed by atoms with Gasteiger partial charge in [0, 0.05) is 0 Å². The summed E-state index contributed by atoms with van der Waals surface area (Å²) >= 11 is 0. The van der Waals surface area contributed by atoms with E-state index in [9.17, 15) is 5.21 Å². The van der Waals surface area contributed by atoms with Gasteiger partial charge in [-0.1, -0.05) is 0 Å². The number of likely N-dealkylation sites (N-methyl/N-ethyl adjacent to an activating group) is 1. The molecule has 0 radical (unpaired) electrons. The summed E-state index contributed by atoms with van der Waals surface area (Å²) in [6.07, 6.45) is 1.30. The Kier molecular flexibility index (Phi) is 1.75. The molecular formula is C6H13NO2. The summed E-state index contributed by atoms with van der Waals surface area (Å²) in [6, 6.07) is 0. The van der Waals surface area contributed by atoms with E-state index in [-0.39, 0.29) is 10.8 Å². The minimum absolute atomic E-state index is 0.263. The second-order valence-corrected chi connectivity index (χ2v) is 3.00. The molecule has 0 aromatic heterocycles. The number of nitrogens with zero attached hydrogens (tertiary/aromatic N) is 1. The molecule has 0 spiro atoms. The number of hydrogen-bond acceptors (Lipinski definition) is 2. The van der Waals surface area contributed by atoms with Crippen LogP contribution in [0.5, 0.6) is 0 Å². The molecule has 0 amide bonds. The summed E-state index contributed by atoms with van der Waals surface area (Å²) in [5.41, 5.74) is 0. The third kappa shape index (κ3) is 1.93. The highest BCUT2D eigenvalue weighted by Gasteiger charge is 2.21. The predicted octanol–water partition coefficient (Wildman–Crippen LogP) is 0.0855. The Balaban J connectivity index is 2.41. The van der Waals surface area contributed by atoms with Gasteiger partial charge in [-0.15, -0.1) is 0 Å². The van der Waals surface area contributed by atoms with Crippen LogP contribution in [0.4, 0.5) is 0 Å². The van der Waals surface area contributed by atoms with Crippen molar-refractivity contribution in [3.63, 3.8) is 0 Å². The topological polar surface area (TPSA) is 43.3 Å². The van der Waals surface area contributed by atoms with Crippen molar-refractivity contribution in [1.82, 2.24) is 0 Å². The predicted molar refractivity (Wildman–Crippen MR) is 34.5 cm³/mol. The van der Waals surface area contributed by atoms with Gasteiger partial charge in [0.2, 0.25) is 0 Å². The van der Waals surface area contributed by atoms with Gasteiger partial charge in [-0.3, -0.25) is 0 Å². The van der Waals surface area contributed by atoms with Crippen LogP contribution in [0, 0.1) is 5.21 Å². The third-order valence-corrected chi connectivity index (χ3v) is 1.77. The van der Waals surface area contributed by atoms with E-state index in [1.807, 2.05) is 0 Å². The van der Waals surface area contributed by atoms with Gasteiger partial charge in [-0.05, 0) is 12.8 Å². The highest BCUT2D eigenvalue weighted by molar-refractivity contribution is 4.60. The maximum absolute atomic E-state index is 11.1. The molecular weight excluding hydrogens is 118 g/mol. The largest absolute Gasteiger partial charge is 0.633 e. The van der Waals surface area contributed by atoms with E-state index in [2.05, 4.69) is 0 Å². The van der Waals surface area contributed by atoms with E-state index in [1.165, 1.54) is 0 Å². The van der Waals surface area contributed by atoms with Crippen LogP contribution in [-0.2, 0) is 0 Å². The standard InChI is InChI=1S/C6H13NO2/c1-7(9)4-2-3-6(8)5-7/h6,8H,2-5H2,1H3/t6-,7?/m0/s1. The maximum Gasteiger partial charge on any atom is 0.104 e. The van der Waals surface area contributed by atoms with Crippen molar-refractivity contribution in [3.05, 3.63) is 5.21 Å². The average Bonchev–Trinajstić information content (AvgIpc) is 1.60. The lowest BCUT2D eigenvalue weighted by Gasteiger charge is -2.43. The minimum atomic E-state index is -0.360. The molecule has 1 fully saturated rings. The first-order chi connectivity index (χ1) is 4.10. The maximum atomic E-state index is 11.1. The first-order valence-corrected chi connectivity index (χ1v) is 3.34. The molecule has 1 rings (SSSR count). The molecule has 3 nitrogen and oxygen atoms in total. The highest BCUT2D eigenvalue weighted by atomic mass is 16.5. The van der Waals surface area contributed by atoms with E-state index in [0.29, 0.717) is 13.1 Å². The van der Waals surface area contributed by atoms with E-state index >= 15 is 0 Å². The molecule has 1 unspecified atom stereocenters. The monoisotopic (exact) mass is 131 g/mol. The number of quaternary nitrogens is 1. The van der Waals surface area contributed by atoms with E-state index < -0.39 is 0 Å². The number of hydroxylamine groups is 3. The van der Waals surface area contributed by atoms with E-state index in [4.69, 9.17) is 5.11 Å². The normalized spacial score (nSPS) is 45.0. The van der Waals surface area contributed by atoms with Gasteiger partial charge in [-0.25, -0.2) is 0 Å². The Bertz CT molecular complexity index is 103. The molecule has 9 heavy (non-hydrogen) atoms. The van der Waals surface area contributed by atoms with Crippen molar-refractivity contribution >= 4 is 0 Å². The number of piperidine rings is 1. The smallest absolute Gasteiger partial charge is 0.104 e. The van der Waals surface area contributed by atoms with Gasteiger partial charge >= 0.3 is 0 Å². The average molecular weight is 131 g/mol. The van der Waals surface area contributed by atoms with Crippen LogP contribution in [0.25, 0.3) is 0 Å². The van der Waals surface area contributed by atoms with Crippen LogP contribution in [0.3, 0.4) is 0 Å². The zero-order valence-electron chi connectivity index (χ0n) is 5.71. The number of rotatable bonds is 0. The third-order valence-electron chi connectivity index (χ3n) is 1.77. The number of likely N-dealkylation sites (tertiary alicyclic amines) is 1. The first-order valence-electron chi connectivity index (χ1n) is 3.34. The van der Waals surface area contributed by atoms with Gasteiger partial charge in [0.05, 0.1) is 13.6 Å². The molecule has 0 bridgehead atoms. The molecule has 1 aliphatic heterocycles. The van der Waals surface area contributed by atoms with Crippen molar-refractivity contribution < 1.29 is 9.75 Å². The van der Waals surface area contributed by atoms with Crippen LogP contribution >= 0.6 is 0 Å². The Morgan fingerprint density at radius 1 is 1.67 bits per heavy atom. The highest BCUT2D eigenvalue weighted by Crippen LogP contribution is 2.14. The van der Waals surface area contributed by atoms with Gasteiger partial charge in [0.15, 0.2) is 0 Å². The molecule has 54 valence electrons. The van der Waals surface area contributed by atoms with E-state index in [1.54, 1.807) is 7.05 Å². The fraction of sp³-hybridized carbons (Fsp3) is 1.00. The van der Waals surface area contributed by atoms with Crippen LogP contribution in [0.1, 0.15) is 12.8 Å². The summed E-state index contributed by atoms with van der Waals surface area (Å²) in [4.78, 5) is 0. The van der Waals surface area contributed by atoms with Crippen molar-refractivity contribution in [2.24, 2.45) is 0 Å². The number of hydrogen-bond donors (Lipinski definition) is 1. The summed E-state index contributed by atoms with van der Waals surface area (Å²) in [6.45, 7) is 1.04. The van der Waals surface area contributed by atoms with Crippen LogP contribution < -0.4 is 0 Å². The molecule has 1 aliphatic rings. The van der Waals surface area contributed by atoms with Crippen LogP contribution in [-0.4, -0.2) is 36.0 Å². The lowest BCUT2D eigenvalue weighted by atomic mass is 10.1. The van der Waals surface area contributed by atoms with E-state index in [0.717, 1.165) is 12.8 Å². The Morgan fingerprint density at radius 2 is 2.33 bits per heavy atom. The van der Waals surface area contributed by atoms with Crippen molar-refractivity contribution in [2.45, 2.75) is 18.9 Å². The molecule has 1 heterocycles. The number of aliphatic hydroxyl groups excluding tert-OH is 1. The van der Waals surface area contributed by atoms with Gasteiger partial charge in [0.1, 0.15) is 12.6 Å². The minimum Gasteiger partial charge on any atom is -0.633 e. The first kappa shape index (κ1) is 6.99. The van der Waals surface area contributed by atoms with Crippen molar-refractivity contribution in [1.29, 1.82) is 0 Å². The van der Waals surface area contributed by atoms with Crippen molar-refractivity contribution in [3.8, 4) is 0 Å². The Morgan fingerprint density at radius 3 is 2.67 bits per heavy atom. The number of aliphatic hydroxyl groups is 1. The lowest BCUT2D eigenvalue weighted by molar-refractivity contribution is -0.869. The Hall–Kier alpha value is -0.120. The van der Waals surface area contributed by atoms with Gasteiger partial charge in [-0.2, -0.15) is 0 Å². The second kappa shape index (κ2) is 2.25. The molecule has 0 saturated carbocycles. The van der Waals surface area contributed by atoms with Crippen LogP contribution in [0.15, 0.2) is 0 Å². The molecule has 1 N–H and O–H groups in total. The summed E-state index contributed by atoms with van der Waals surface area (Å²) in [7, 11) is 1.61. The van der Waals surface area contributed by atoms with Crippen LogP contribution in [0.2, 0.25) is 0 Å². The molecule has 0 aromatic rings. The van der Waals surface area contributed by atoms with Gasteiger partial charge in [0.25, 0.3) is 0 Å². The fourth-order valence-electron chi connectivity index (χ4n) is 1.29. The lowest BCUT2D eigenvalue weighted by Crippen LogP contribution is -2.48. The summed E-state index contributed by atoms with van der Waals surface area (Å²) < 4.78 is -0.263. The second-order valence-electron chi connectivity index (χ2n) is 3.00. The Labute approximate surface area is 55.1 Å². The zero-order chi connectivity index (χ0) is 6.91. The molecule has 2 atom stereocenters. The molecule has 1 saturated heterocycles. The molecule has 3 heteroatoms. The summed E-state index contributed by atoms with van der Waals surface area (Å²) in [5, 5.41) is 20.1. The molecule has 0 aromatic carbocycles.